The number of anilines is 1. The van der Waals surface area contributed by atoms with Crippen molar-refractivity contribution in [3.05, 3.63) is 12.7 Å². The van der Waals surface area contributed by atoms with Gasteiger partial charge in [-0.25, -0.2) is 15.0 Å². The first-order chi connectivity index (χ1) is 10.5. The van der Waals surface area contributed by atoms with Crippen molar-refractivity contribution >= 4 is 23.4 Å². The molecule has 1 saturated heterocycles. The molecule has 0 spiro atoms. The van der Waals surface area contributed by atoms with Crippen LogP contribution in [0.5, 0.6) is 0 Å². The fraction of sp³-hybridized carbons (Fsp3) is 0.455. The lowest BCUT2D eigenvalue weighted by Gasteiger charge is -2.16. The minimum absolute atomic E-state index is 0.218. The van der Waals surface area contributed by atoms with Gasteiger partial charge in [-0.05, 0) is 0 Å². The smallest absolute Gasteiger partial charge is 0.204 e. The molecule has 2 aromatic heterocycles. The Hall–Kier alpha value is -2.34. The van der Waals surface area contributed by atoms with Crippen LogP contribution in [0.2, 0.25) is 0 Å². The zero-order chi connectivity index (χ0) is 16.3. The van der Waals surface area contributed by atoms with Crippen LogP contribution in [0.25, 0.3) is 11.2 Å². The maximum absolute atomic E-state index is 9.95. The molecule has 4 atom stereocenters. The second kappa shape index (κ2) is 6.62. The van der Waals surface area contributed by atoms with Crippen molar-refractivity contribution < 1.29 is 24.9 Å². The number of nitrogens with two attached hydrogens (primary N) is 2. The number of hydrogen-bond donors (Lipinski definition) is 5. The summed E-state index contributed by atoms with van der Waals surface area (Å²) < 4.78 is 6.85. The van der Waals surface area contributed by atoms with Gasteiger partial charge in [-0.3, -0.25) is 9.36 Å². The summed E-state index contributed by atoms with van der Waals surface area (Å²) in [4.78, 5) is 20.5. The van der Waals surface area contributed by atoms with E-state index in [-0.39, 0.29) is 12.2 Å². The van der Waals surface area contributed by atoms with Gasteiger partial charge >= 0.3 is 0 Å². The third-order valence-corrected chi connectivity index (χ3v) is 3.18. The van der Waals surface area contributed by atoms with Crippen LogP contribution in [0.4, 0.5) is 5.82 Å². The Bertz CT molecular complexity index is 649. The van der Waals surface area contributed by atoms with E-state index < -0.39 is 31.1 Å². The number of nitrogens with zero attached hydrogens (tertiary/aromatic N) is 4. The number of nitrogen functional groups attached to an aromatic ring is 1. The van der Waals surface area contributed by atoms with Crippen LogP contribution in [-0.2, 0) is 9.53 Å². The summed E-state index contributed by atoms with van der Waals surface area (Å²) in [5.41, 5.74) is 10.6. The number of fused-ring (bicyclic) bond motifs is 1. The SMILES string of the molecule is NC=O.Nc1ncnc2c1ncn2[C@@H]1O[C@H](CO)[C@@H](O)[C@H]1O. The number of carbonyl (C=O) groups excluding carboxylic acids is 1. The standard InChI is InChI=1S/C10H13N5O4.CH3NO/c11-8-5-9(13-2-12-8)15(3-14-5)10-7(18)6(17)4(1-16)19-10;2-1-3/h2-4,6-7,10,16-18H,1H2,(H2,11,12,13);1H,(H2,2,3)/t4-,6-,7-,10-;/m1./s1. The van der Waals surface area contributed by atoms with Gasteiger partial charge in [0.15, 0.2) is 17.7 Å². The highest BCUT2D eigenvalue weighted by atomic mass is 16.6. The summed E-state index contributed by atoms with van der Waals surface area (Å²) in [5, 5.41) is 28.7. The molecule has 7 N–H and O–H groups in total. The molecule has 11 heteroatoms. The van der Waals surface area contributed by atoms with Crippen molar-refractivity contribution in [1.29, 1.82) is 0 Å². The average molecular weight is 312 g/mol. The maximum Gasteiger partial charge on any atom is 0.204 e. The molecule has 0 aliphatic carbocycles. The Labute approximate surface area is 124 Å². The lowest BCUT2D eigenvalue weighted by atomic mass is 10.1. The predicted octanol–water partition coefficient (Wildman–Crippen LogP) is -2.88. The number of aromatic nitrogens is 4. The number of aliphatic hydroxyl groups excluding tert-OH is 3. The van der Waals surface area contributed by atoms with Crippen LogP contribution in [0.1, 0.15) is 6.23 Å². The largest absolute Gasteiger partial charge is 0.394 e. The van der Waals surface area contributed by atoms with Gasteiger partial charge in [0, 0.05) is 0 Å². The fourth-order valence-corrected chi connectivity index (χ4v) is 2.17. The summed E-state index contributed by atoms with van der Waals surface area (Å²) in [6.45, 7) is -0.390. The molecule has 2 aromatic rings. The second-order valence-electron chi connectivity index (χ2n) is 4.45. The van der Waals surface area contributed by atoms with Gasteiger partial charge in [0.05, 0.1) is 12.9 Å². The minimum atomic E-state index is -1.19. The summed E-state index contributed by atoms with van der Waals surface area (Å²) in [7, 11) is 0. The van der Waals surface area contributed by atoms with Gasteiger partial charge in [0.2, 0.25) is 6.41 Å². The Kier molecular flexibility index (Phi) is 4.82. The van der Waals surface area contributed by atoms with E-state index >= 15 is 0 Å². The van der Waals surface area contributed by atoms with Crippen molar-refractivity contribution in [2.75, 3.05) is 12.3 Å². The lowest BCUT2D eigenvalue weighted by molar-refractivity contribution is -0.106. The molecule has 120 valence electrons. The molecule has 1 fully saturated rings. The number of imidazole rings is 1. The van der Waals surface area contributed by atoms with E-state index in [4.69, 9.17) is 20.4 Å². The van der Waals surface area contributed by atoms with Crippen molar-refractivity contribution in [3.63, 3.8) is 0 Å². The Morgan fingerprint density at radius 2 is 2.00 bits per heavy atom. The molecule has 1 amide bonds. The normalized spacial score (nSPS) is 27.4. The summed E-state index contributed by atoms with van der Waals surface area (Å²) >= 11 is 0. The van der Waals surface area contributed by atoms with E-state index in [0.717, 1.165) is 0 Å². The maximum atomic E-state index is 9.95. The molecule has 0 unspecified atom stereocenters. The number of aliphatic hydroxyl groups is 3. The molecular formula is C11H16N6O5. The van der Waals surface area contributed by atoms with Gasteiger partial charge in [0.1, 0.15) is 30.2 Å². The number of amides is 1. The Balaban J connectivity index is 0.000000545. The molecule has 0 radical (unpaired) electrons. The zero-order valence-corrected chi connectivity index (χ0v) is 11.4. The molecule has 1 aliphatic heterocycles. The topological polar surface area (TPSA) is 183 Å². The fourth-order valence-electron chi connectivity index (χ4n) is 2.17. The number of hydrogen-bond acceptors (Lipinski definition) is 9. The third kappa shape index (κ3) is 2.69. The lowest BCUT2D eigenvalue weighted by Crippen LogP contribution is -2.33. The molecule has 0 bridgehead atoms. The van der Waals surface area contributed by atoms with E-state index in [1.54, 1.807) is 0 Å². The molecule has 22 heavy (non-hydrogen) atoms. The summed E-state index contributed by atoms with van der Waals surface area (Å²) in [6, 6.07) is 0. The molecular weight excluding hydrogens is 296 g/mol. The summed E-state index contributed by atoms with van der Waals surface area (Å²) in [6.07, 6.45) is -1.17. The van der Waals surface area contributed by atoms with Crippen LogP contribution in [-0.4, -0.2) is 66.2 Å². The minimum Gasteiger partial charge on any atom is -0.394 e. The van der Waals surface area contributed by atoms with E-state index in [9.17, 15) is 10.2 Å². The van der Waals surface area contributed by atoms with E-state index in [1.165, 1.54) is 17.2 Å². The van der Waals surface area contributed by atoms with Crippen LogP contribution < -0.4 is 11.5 Å². The van der Waals surface area contributed by atoms with Crippen molar-refractivity contribution in [1.82, 2.24) is 19.5 Å². The number of carbonyl (C=O) groups is 1. The average Bonchev–Trinajstić information content (AvgIpc) is 3.04. The Morgan fingerprint density at radius 3 is 2.59 bits per heavy atom. The summed E-state index contributed by atoms with van der Waals surface area (Å²) in [5.74, 6) is 0.218. The monoisotopic (exact) mass is 312 g/mol. The predicted molar refractivity (Wildman–Crippen MR) is 73.0 cm³/mol. The molecule has 1 aliphatic rings. The van der Waals surface area contributed by atoms with Gasteiger partial charge in [-0.15, -0.1) is 0 Å². The number of ether oxygens (including phenoxy) is 1. The van der Waals surface area contributed by atoms with Gasteiger partial charge in [-0.1, -0.05) is 0 Å². The molecule has 0 aromatic carbocycles. The first kappa shape index (κ1) is 16.0. The van der Waals surface area contributed by atoms with Crippen LogP contribution >= 0.6 is 0 Å². The molecule has 3 rings (SSSR count). The number of rotatable bonds is 2. The number of primary amides is 1. The van der Waals surface area contributed by atoms with Gasteiger partial charge in [0.25, 0.3) is 0 Å². The second-order valence-corrected chi connectivity index (χ2v) is 4.45. The first-order valence-corrected chi connectivity index (χ1v) is 6.26. The Morgan fingerprint density at radius 1 is 1.32 bits per heavy atom. The highest BCUT2D eigenvalue weighted by Crippen LogP contribution is 2.31. The highest BCUT2D eigenvalue weighted by molar-refractivity contribution is 5.81. The van der Waals surface area contributed by atoms with Crippen molar-refractivity contribution in [2.45, 2.75) is 24.5 Å². The van der Waals surface area contributed by atoms with Crippen LogP contribution in [0.3, 0.4) is 0 Å². The van der Waals surface area contributed by atoms with Crippen molar-refractivity contribution in [2.24, 2.45) is 5.73 Å². The third-order valence-electron chi connectivity index (χ3n) is 3.18. The molecule has 0 saturated carbocycles. The molecule has 11 nitrogen and oxygen atoms in total. The van der Waals surface area contributed by atoms with Crippen LogP contribution in [0, 0.1) is 0 Å². The zero-order valence-electron chi connectivity index (χ0n) is 11.4. The van der Waals surface area contributed by atoms with E-state index in [1.807, 2.05) is 0 Å². The van der Waals surface area contributed by atoms with E-state index in [2.05, 4.69) is 20.7 Å². The quantitative estimate of drug-likeness (QED) is 0.363. The molecule has 3 heterocycles. The highest BCUT2D eigenvalue weighted by Gasteiger charge is 2.43. The first-order valence-electron chi connectivity index (χ1n) is 6.26. The van der Waals surface area contributed by atoms with Gasteiger partial charge in [-0.2, -0.15) is 0 Å². The van der Waals surface area contributed by atoms with Crippen molar-refractivity contribution in [3.8, 4) is 0 Å². The van der Waals surface area contributed by atoms with Gasteiger partial charge < -0.3 is 31.5 Å². The van der Waals surface area contributed by atoms with E-state index in [0.29, 0.717) is 11.2 Å². The van der Waals surface area contributed by atoms with Crippen LogP contribution in [0.15, 0.2) is 12.7 Å².